The fourth-order valence-electron chi connectivity index (χ4n) is 2.29. The molecule has 0 bridgehead atoms. The Morgan fingerprint density at radius 3 is 3.06 bits per heavy atom. The Labute approximate surface area is 98.0 Å². The molecule has 0 spiro atoms. The summed E-state index contributed by atoms with van der Waals surface area (Å²) in [7, 11) is 0. The molecule has 0 aliphatic carbocycles. The summed E-state index contributed by atoms with van der Waals surface area (Å²) in [6, 6.07) is 7.33. The molecule has 1 atom stereocenters. The third-order valence-corrected chi connectivity index (χ3v) is 3.15. The normalized spacial score (nSPS) is 22.0. The van der Waals surface area contributed by atoms with Gasteiger partial charge in [0.05, 0.1) is 11.1 Å². The standard InChI is InChI=1S/C13H12N2O2/c16-13(17)12-7-9-8-3-1-2-4-10(8)15-11(9)5-6-14-12/h1-5,12,14H,6-7H2,(H,16,17). The second-order valence-electron chi connectivity index (χ2n) is 4.20. The van der Waals surface area contributed by atoms with Crippen molar-refractivity contribution in [2.75, 3.05) is 6.54 Å². The van der Waals surface area contributed by atoms with Gasteiger partial charge in [-0.25, -0.2) is 4.99 Å². The molecule has 86 valence electrons. The molecule has 1 unspecified atom stereocenters. The molecule has 0 amide bonds. The second-order valence-corrected chi connectivity index (χ2v) is 4.20. The lowest BCUT2D eigenvalue weighted by Crippen LogP contribution is -2.36. The maximum absolute atomic E-state index is 11.1. The zero-order valence-electron chi connectivity index (χ0n) is 9.18. The van der Waals surface area contributed by atoms with Crippen molar-refractivity contribution in [3.8, 4) is 0 Å². The first kappa shape index (κ1) is 10.2. The van der Waals surface area contributed by atoms with Crippen molar-refractivity contribution in [3.63, 3.8) is 0 Å². The molecular formula is C13H12N2O2. The summed E-state index contributed by atoms with van der Waals surface area (Å²) in [6.07, 6.45) is 2.44. The fraction of sp³-hybridized carbons (Fsp3) is 0.231. The Bertz CT molecular complexity index is 631. The van der Waals surface area contributed by atoms with E-state index in [-0.39, 0.29) is 0 Å². The van der Waals surface area contributed by atoms with Crippen LogP contribution in [-0.4, -0.2) is 23.7 Å². The van der Waals surface area contributed by atoms with Crippen LogP contribution in [0.3, 0.4) is 0 Å². The average Bonchev–Trinajstić information content (AvgIpc) is 2.53. The molecule has 17 heavy (non-hydrogen) atoms. The molecule has 2 aliphatic rings. The Hall–Kier alpha value is -1.94. The summed E-state index contributed by atoms with van der Waals surface area (Å²) in [4.78, 5) is 15.6. The average molecular weight is 228 g/mol. The number of hydrogen-bond donors (Lipinski definition) is 2. The van der Waals surface area contributed by atoms with Gasteiger partial charge >= 0.3 is 5.97 Å². The first-order valence-corrected chi connectivity index (χ1v) is 5.59. The van der Waals surface area contributed by atoms with Crippen molar-refractivity contribution in [2.24, 2.45) is 4.99 Å². The first-order chi connectivity index (χ1) is 8.25. The lowest BCUT2D eigenvalue weighted by Gasteiger charge is -2.10. The lowest BCUT2D eigenvalue weighted by molar-refractivity contribution is -0.139. The Balaban J connectivity index is 2.16. The predicted molar refractivity (Wildman–Crippen MR) is 62.8 cm³/mol. The number of allylic oxidation sites excluding steroid dienone is 1. The number of aliphatic carboxylic acids is 1. The maximum atomic E-state index is 11.1. The van der Waals surface area contributed by atoms with Gasteiger partial charge in [0.1, 0.15) is 6.04 Å². The van der Waals surface area contributed by atoms with Gasteiger partial charge in [0.2, 0.25) is 0 Å². The zero-order valence-corrected chi connectivity index (χ0v) is 9.18. The van der Waals surface area contributed by atoms with Crippen LogP contribution in [0.1, 0.15) is 6.42 Å². The molecule has 3 rings (SSSR count). The lowest BCUT2D eigenvalue weighted by atomic mass is 10.0. The van der Waals surface area contributed by atoms with Crippen LogP contribution < -0.4 is 15.9 Å². The molecule has 1 aromatic rings. The molecule has 4 heteroatoms. The Morgan fingerprint density at radius 2 is 2.24 bits per heavy atom. The van der Waals surface area contributed by atoms with Crippen molar-refractivity contribution < 1.29 is 9.90 Å². The van der Waals surface area contributed by atoms with Gasteiger partial charge in [0.15, 0.2) is 0 Å². The van der Waals surface area contributed by atoms with E-state index in [2.05, 4.69) is 10.3 Å². The summed E-state index contributed by atoms with van der Waals surface area (Å²) < 4.78 is 0. The number of nitrogens with zero attached hydrogens (tertiary/aromatic N) is 1. The van der Waals surface area contributed by atoms with E-state index >= 15 is 0 Å². The Morgan fingerprint density at radius 1 is 1.41 bits per heavy atom. The number of carboxylic acid groups (broad SMARTS) is 1. The van der Waals surface area contributed by atoms with Crippen LogP contribution in [0.5, 0.6) is 0 Å². The molecule has 0 saturated carbocycles. The van der Waals surface area contributed by atoms with E-state index in [1.807, 2.05) is 30.3 Å². The molecule has 1 aromatic carbocycles. The second kappa shape index (κ2) is 3.82. The predicted octanol–water partition coefficient (Wildman–Crippen LogP) is -0.199. The third kappa shape index (κ3) is 1.66. The monoisotopic (exact) mass is 228 g/mol. The SMILES string of the molecule is O=C(O)C1CC2=c3ccccc3=NC2=CCN1. The highest BCUT2D eigenvalue weighted by Crippen LogP contribution is 2.21. The summed E-state index contributed by atoms with van der Waals surface area (Å²) in [6.45, 7) is 0.549. The van der Waals surface area contributed by atoms with Crippen LogP contribution >= 0.6 is 0 Å². The van der Waals surface area contributed by atoms with Crippen LogP contribution in [0.2, 0.25) is 0 Å². The van der Waals surface area contributed by atoms with Gasteiger partial charge in [-0.2, -0.15) is 0 Å². The van der Waals surface area contributed by atoms with Gasteiger partial charge < -0.3 is 10.4 Å². The highest BCUT2D eigenvalue weighted by molar-refractivity contribution is 5.79. The number of hydrogen-bond acceptors (Lipinski definition) is 3. The maximum Gasteiger partial charge on any atom is 0.321 e. The van der Waals surface area contributed by atoms with Crippen LogP contribution in [0.4, 0.5) is 0 Å². The molecule has 0 saturated heterocycles. The van der Waals surface area contributed by atoms with E-state index < -0.39 is 12.0 Å². The molecule has 2 N–H and O–H groups in total. The van der Waals surface area contributed by atoms with Crippen LogP contribution in [0.15, 0.2) is 41.0 Å². The van der Waals surface area contributed by atoms with Gasteiger partial charge in [-0.15, -0.1) is 0 Å². The molecule has 2 aliphatic heterocycles. The van der Waals surface area contributed by atoms with Gasteiger partial charge in [0.25, 0.3) is 0 Å². The molecule has 2 heterocycles. The quantitative estimate of drug-likeness (QED) is 0.700. The van der Waals surface area contributed by atoms with E-state index in [0.29, 0.717) is 13.0 Å². The number of fused-ring (bicyclic) bond motifs is 2. The molecular weight excluding hydrogens is 216 g/mol. The summed E-state index contributed by atoms with van der Waals surface area (Å²) in [5.41, 5.74) is 1.96. The zero-order chi connectivity index (χ0) is 11.8. The topological polar surface area (TPSA) is 61.7 Å². The highest BCUT2D eigenvalue weighted by atomic mass is 16.4. The van der Waals surface area contributed by atoms with Crippen molar-refractivity contribution >= 4 is 11.5 Å². The van der Waals surface area contributed by atoms with Crippen LogP contribution in [-0.2, 0) is 4.79 Å². The number of carboxylic acids is 1. The van der Waals surface area contributed by atoms with Crippen molar-refractivity contribution in [1.82, 2.24) is 5.32 Å². The van der Waals surface area contributed by atoms with E-state index in [0.717, 1.165) is 21.8 Å². The van der Waals surface area contributed by atoms with E-state index in [1.54, 1.807) is 0 Å². The molecule has 0 aromatic heterocycles. The largest absolute Gasteiger partial charge is 0.480 e. The third-order valence-electron chi connectivity index (χ3n) is 3.15. The van der Waals surface area contributed by atoms with Crippen LogP contribution in [0, 0.1) is 0 Å². The summed E-state index contributed by atoms with van der Waals surface area (Å²) in [5.74, 6) is -0.809. The fourth-order valence-corrected chi connectivity index (χ4v) is 2.29. The van der Waals surface area contributed by atoms with Crippen molar-refractivity contribution in [2.45, 2.75) is 12.5 Å². The van der Waals surface area contributed by atoms with Crippen molar-refractivity contribution in [3.05, 3.63) is 46.6 Å². The van der Waals surface area contributed by atoms with Gasteiger partial charge in [0, 0.05) is 18.2 Å². The minimum atomic E-state index is -0.809. The molecule has 4 nitrogen and oxygen atoms in total. The summed E-state index contributed by atoms with van der Waals surface area (Å²) in [5, 5.41) is 14.1. The Kier molecular flexibility index (Phi) is 2.30. The minimum absolute atomic E-state index is 0.488. The summed E-state index contributed by atoms with van der Waals surface area (Å²) >= 11 is 0. The molecule has 0 fully saturated rings. The smallest absolute Gasteiger partial charge is 0.321 e. The van der Waals surface area contributed by atoms with Gasteiger partial charge in [-0.1, -0.05) is 18.2 Å². The number of nitrogens with one attached hydrogen (secondary N) is 1. The molecule has 0 radical (unpaired) electrons. The van der Waals surface area contributed by atoms with E-state index in [1.165, 1.54) is 0 Å². The van der Waals surface area contributed by atoms with Crippen molar-refractivity contribution in [1.29, 1.82) is 0 Å². The van der Waals surface area contributed by atoms with Gasteiger partial charge in [-0.05, 0) is 17.7 Å². The number of benzene rings is 1. The van der Waals surface area contributed by atoms with Gasteiger partial charge in [-0.3, -0.25) is 4.79 Å². The minimum Gasteiger partial charge on any atom is -0.480 e. The van der Waals surface area contributed by atoms with E-state index in [9.17, 15) is 4.79 Å². The highest BCUT2D eigenvalue weighted by Gasteiger charge is 2.24. The number of carbonyl (C=O) groups is 1. The van der Waals surface area contributed by atoms with E-state index in [4.69, 9.17) is 5.11 Å². The first-order valence-electron chi connectivity index (χ1n) is 5.59. The number of rotatable bonds is 1. The number of para-hydroxylation sites is 1. The van der Waals surface area contributed by atoms with Crippen LogP contribution in [0.25, 0.3) is 5.57 Å².